The Morgan fingerprint density at radius 1 is 1.22 bits per heavy atom. The lowest BCUT2D eigenvalue weighted by Gasteiger charge is -2.08. The van der Waals surface area contributed by atoms with E-state index < -0.39 is 5.91 Å². The van der Waals surface area contributed by atoms with Crippen LogP contribution in [0.2, 0.25) is 0 Å². The van der Waals surface area contributed by atoms with Crippen LogP contribution < -0.4 is 10.1 Å². The van der Waals surface area contributed by atoms with Gasteiger partial charge >= 0.3 is 0 Å². The van der Waals surface area contributed by atoms with Gasteiger partial charge in [0.15, 0.2) is 5.69 Å². The number of nitrogens with one attached hydrogen (secondary N) is 1. The Morgan fingerprint density at radius 3 is 2.96 bits per heavy atom. The molecule has 3 heterocycles. The Labute approximate surface area is 154 Å². The average Bonchev–Trinajstić information content (AvgIpc) is 3.09. The number of hydrogen-bond donors (Lipinski definition) is 1. The molecule has 0 aliphatic rings. The maximum atomic E-state index is 12.6. The second kappa shape index (κ2) is 6.79. The van der Waals surface area contributed by atoms with Gasteiger partial charge in [-0.15, -0.1) is 5.10 Å². The number of anilines is 1. The Morgan fingerprint density at radius 2 is 2.11 bits per heavy atom. The van der Waals surface area contributed by atoms with E-state index in [1.165, 1.54) is 19.5 Å². The lowest BCUT2D eigenvalue weighted by Crippen LogP contribution is -2.15. The van der Waals surface area contributed by atoms with Gasteiger partial charge in [0.2, 0.25) is 5.88 Å². The fraction of sp³-hybridized carbons (Fsp3) is 0.111. The molecule has 3 aromatic heterocycles. The number of fused-ring (bicyclic) bond motifs is 1. The van der Waals surface area contributed by atoms with E-state index in [4.69, 9.17) is 4.74 Å². The van der Waals surface area contributed by atoms with Crippen molar-refractivity contribution < 1.29 is 9.53 Å². The average molecular weight is 361 g/mol. The van der Waals surface area contributed by atoms with Crippen molar-refractivity contribution in [3.05, 3.63) is 60.4 Å². The van der Waals surface area contributed by atoms with Crippen molar-refractivity contribution in [3.8, 4) is 11.6 Å². The van der Waals surface area contributed by atoms with Gasteiger partial charge < -0.3 is 10.1 Å². The van der Waals surface area contributed by atoms with E-state index in [0.717, 1.165) is 16.5 Å². The molecule has 9 heteroatoms. The van der Waals surface area contributed by atoms with Gasteiger partial charge in [-0.3, -0.25) is 9.78 Å². The number of amides is 1. The maximum Gasteiger partial charge on any atom is 0.279 e. The normalized spacial score (nSPS) is 10.7. The van der Waals surface area contributed by atoms with Crippen molar-refractivity contribution in [1.82, 2.24) is 29.9 Å². The summed E-state index contributed by atoms with van der Waals surface area (Å²) in [5.74, 6) is 0.253. The van der Waals surface area contributed by atoms with Crippen LogP contribution in [0, 0.1) is 6.92 Å². The number of nitrogens with zero attached hydrogens (tertiary/aromatic N) is 6. The van der Waals surface area contributed by atoms with Gasteiger partial charge in [-0.25, -0.2) is 14.6 Å². The third-order valence-corrected chi connectivity index (χ3v) is 4.09. The first-order chi connectivity index (χ1) is 13.2. The Balaban J connectivity index is 1.68. The summed E-state index contributed by atoms with van der Waals surface area (Å²) in [4.78, 5) is 24.6. The van der Waals surface area contributed by atoms with Crippen molar-refractivity contribution in [2.45, 2.75) is 6.92 Å². The molecule has 134 valence electrons. The summed E-state index contributed by atoms with van der Waals surface area (Å²) in [5.41, 5.74) is 1.64. The van der Waals surface area contributed by atoms with Gasteiger partial charge in [0.05, 0.1) is 18.5 Å². The Hall–Kier alpha value is -3.88. The molecule has 0 aliphatic heterocycles. The Kier molecular flexibility index (Phi) is 4.17. The standard InChI is InChI=1S/C18H15N7O2/c1-11-17(18(26)22-15-8-16(27-2)21-10-20-15)23-24-25(11)14-5-3-4-12-9-19-7-6-13(12)14/h3-10H,1-2H3,(H,20,21,22,26). The van der Waals surface area contributed by atoms with Crippen LogP contribution in [0.4, 0.5) is 5.82 Å². The van der Waals surface area contributed by atoms with E-state index in [-0.39, 0.29) is 5.69 Å². The van der Waals surface area contributed by atoms with Crippen LogP contribution in [0.5, 0.6) is 5.88 Å². The lowest BCUT2D eigenvalue weighted by molar-refractivity contribution is 0.102. The minimum Gasteiger partial charge on any atom is -0.481 e. The highest BCUT2D eigenvalue weighted by atomic mass is 16.5. The molecule has 0 atom stereocenters. The van der Waals surface area contributed by atoms with E-state index in [0.29, 0.717) is 17.4 Å². The second-order valence-electron chi connectivity index (χ2n) is 5.71. The van der Waals surface area contributed by atoms with Crippen LogP contribution in [-0.4, -0.2) is 43.0 Å². The summed E-state index contributed by atoms with van der Waals surface area (Å²) in [6.07, 6.45) is 4.80. The largest absolute Gasteiger partial charge is 0.481 e. The minimum atomic E-state index is -0.415. The molecule has 0 radical (unpaired) electrons. The van der Waals surface area contributed by atoms with Crippen LogP contribution in [0.15, 0.2) is 49.1 Å². The third kappa shape index (κ3) is 3.06. The molecule has 0 fully saturated rings. The first-order valence-electron chi connectivity index (χ1n) is 8.10. The molecule has 0 saturated carbocycles. The summed E-state index contributed by atoms with van der Waals surface area (Å²) in [7, 11) is 1.49. The summed E-state index contributed by atoms with van der Waals surface area (Å²) < 4.78 is 6.67. The fourth-order valence-corrected chi connectivity index (χ4v) is 2.75. The number of carbonyl (C=O) groups is 1. The Bertz CT molecular complexity index is 1130. The minimum absolute atomic E-state index is 0.207. The second-order valence-corrected chi connectivity index (χ2v) is 5.71. The van der Waals surface area contributed by atoms with Crippen LogP contribution in [0.3, 0.4) is 0 Å². The van der Waals surface area contributed by atoms with Crippen molar-refractivity contribution >= 4 is 22.5 Å². The molecule has 0 saturated heterocycles. The molecule has 0 bridgehead atoms. The fourth-order valence-electron chi connectivity index (χ4n) is 2.75. The molecular formula is C18H15N7O2. The predicted octanol–water partition coefficient (Wildman–Crippen LogP) is 2.17. The molecule has 27 heavy (non-hydrogen) atoms. The number of rotatable bonds is 4. The van der Waals surface area contributed by atoms with Crippen LogP contribution in [0.1, 0.15) is 16.2 Å². The van der Waals surface area contributed by atoms with Gasteiger partial charge in [-0.05, 0) is 19.1 Å². The van der Waals surface area contributed by atoms with E-state index in [9.17, 15) is 4.79 Å². The van der Waals surface area contributed by atoms with Crippen molar-refractivity contribution in [2.24, 2.45) is 0 Å². The highest BCUT2D eigenvalue weighted by molar-refractivity contribution is 6.03. The van der Waals surface area contributed by atoms with E-state index in [1.807, 2.05) is 24.3 Å². The van der Waals surface area contributed by atoms with Crippen molar-refractivity contribution in [3.63, 3.8) is 0 Å². The molecule has 0 aliphatic carbocycles. The number of pyridine rings is 1. The first-order valence-corrected chi connectivity index (χ1v) is 8.10. The molecule has 1 N–H and O–H groups in total. The lowest BCUT2D eigenvalue weighted by atomic mass is 10.1. The summed E-state index contributed by atoms with van der Waals surface area (Å²) in [6, 6.07) is 9.22. The van der Waals surface area contributed by atoms with Gasteiger partial charge in [-0.1, -0.05) is 17.3 Å². The van der Waals surface area contributed by atoms with Crippen LogP contribution in [0.25, 0.3) is 16.5 Å². The number of carbonyl (C=O) groups excluding carboxylic acids is 1. The van der Waals surface area contributed by atoms with E-state index in [1.54, 1.807) is 24.0 Å². The van der Waals surface area contributed by atoms with E-state index >= 15 is 0 Å². The number of ether oxygens (including phenoxy) is 1. The molecule has 0 spiro atoms. The van der Waals surface area contributed by atoms with Crippen molar-refractivity contribution in [2.75, 3.05) is 12.4 Å². The molecule has 1 amide bonds. The van der Waals surface area contributed by atoms with Gasteiger partial charge in [0.1, 0.15) is 12.1 Å². The SMILES string of the molecule is COc1cc(NC(=O)c2nnn(-c3cccc4cnccc34)c2C)ncn1. The molecule has 4 rings (SSSR count). The monoisotopic (exact) mass is 361 g/mol. The highest BCUT2D eigenvalue weighted by Gasteiger charge is 2.19. The van der Waals surface area contributed by atoms with Gasteiger partial charge in [0, 0.05) is 29.2 Å². The number of hydrogen-bond acceptors (Lipinski definition) is 7. The zero-order chi connectivity index (χ0) is 18.8. The molecule has 9 nitrogen and oxygen atoms in total. The third-order valence-electron chi connectivity index (χ3n) is 4.09. The van der Waals surface area contributed by atoms with Gasteiger partial charge in [-0.2, -0.15) is 0 Å². The van der Waals surface area contributed by atoms with E-state index in [2.05, 4.69) is 30.6 Å². The number of methoxy groups -OCH3 is 1. The number of benzene rings is 1. The predicted molar refractivity (Wildman–Crippen MR) is 97.9 cm³/mol. The zero-order valence-electron chi connectivity index (χ0n) is 14.6. The number of aromatic nitrogens is 6. The quantitative estimate of drug-likeness (QED) is 0.593. The molecular weight excluding hydrogens is 346 g/mol. The summed E-state index contributed by atoms with van der Waals surface area (Å²) >= 11 is 0. The van der Waals surface area contributed by atoms with Crippen LogP contribution in [-0.2, 0) is 0 Å². The summed E-state index contributed by atoms with van der Waals surface area (Å²) in [5, 5.41) is 12.8. The maximum absolute atomic E-state index is 12.6. The molecule has 4 aromatic rings. The topological polar surface area (TPSA) is 108 Å². The smallest absolute Gasteiger partial charge is 0.279 e. The van der Waals surface area contributed by atoms with Gasteiger partial charge in [0.25, 0.3) is 5.91 Å². The highest BCUT2D eigenvalue weighted by Crippen LogP contribution is 2.22. The van der Waals surface area contributed by atoms with Crippen LogP contribution >= 0.6 is 0 Å². The molecule has 1 aromatic carbocycles. The van der Waals surface area contributed by atoms with Crippen molar-refractivity contribution in [1.29, 1.82) is 0 Å². The first kappa shape index (κ1) is 16.6. The summed E-state index contributed by atoms with van der Waals surface area (Å²) in [6.45, 7) is 1.79. The zero-order valence-corrected chi connectivity index (χ0v) is 14.6. The molecule has 0 unspecified atom stereocenters.